The highest BCUT2D eigenvalue weighted by atomic mass is 16.5. The van der Waals surface area contributed by atoms with Crippen molar-refractivity contribution in [3.8, 4) is 34.1 Å². The lowest BCUT2D eigenvalue weighted by atomic mass is 10.0. The molecule has 0 unspecified atom stereocenters. The Morgan fingerprint density at radius 1 is 0.882 bits per heavy atom. The fourth-order valence-corrected chi connectivity index (χ4v) is 4.33. The van der Waals surface area contributed by atoms with Crippen molar-refractivity contribution in [1.29, 1.82) is 0 Å². The van der Waals surface area contributed by atoms with E-state index in [0.717, 1.165) is 28.0 Å². The Kier molecular flexibility index (Phi) is 5.86. The zero-order valence-electron chi connectivity index (χ0n) is 19.3. The number of methoxy groups -OCH3 is 3. The first kappa shape index (κ1) is 21.9. The quantitative estimate of drug-likeness (QED) is 0.382. The third-order valence-electron chi connectivity index (χ3n) is 6.03. The second-order valence-electron chi connectivity index (χ2n) is 8.05. The van der Waals surface area contributed by atoms with Crippen LogP contribution < -0.4 is 24.6 Å². The molecule has 0 aliphatic carbocycles. The van der Waals surface area contributed by atoms with Crippen LogP contribution in [0.15, 0.2) is 69.9 Å². The first-order valence-corrected chi connectivity index (χ1v) is 10.9. The van der Waals surface area contributed by atoms with E-state index in [1.165, 1.54) is 0 Å². The molecule has 1 aliphatic rings. The first-order valence-electron chi connectivity index (χ1n) is 10.9. The predicted molar refractivity (Wildman–Crippen MR) is 129 cm³/mol. The van der Waals surface area contributed by atoms with Crippen LogP contribution in [0.4, 0.5) is 0 Å². The summed E-state index contributed by atoms with van der Waals surface area (Å²) in [5, 5.41) is 0.806. The van der Waals surface area contributed by atoms with Crippen molar-refractivity contribution in [2.75, 3.05) is 28.1 Å². The highest BCUT2D eigenvalue weighted by Crippen LogP contribution is 2.36. The van der Waals surface area contributed by atoms with Crippen molar-refractivity contribution in [2.24, 2.45) is 0 Å². The molecule has 3 aromatic carbocycles. The van der Waals surface area contributed by atoms with Crippen LogP contribution in [-0.4, -0.2) is 33.0 Å². The molecule has 0 atom stereocenters. The molecule has 0 N–H and O–H groups in total. The second kappa shape index (κ2) is 9.11. The van der Waals surface area contributed by atoms with Gasteiger partial charge in [0.2, 0.25) is 0 Å². The van der Waals surface area contributed by atoms with Gasteiger partial charge in [-0.15, -0.1) is 0 Å². The summed E-state index contributed by atoms with van der Waals surface area (Å²) in [5.74, 6) is 2.74. The van der Waals surface area contributed by atoms with E-state index in [0.29, 0.717) is 48.0 Å². The minimum absolute atomic E-state index is 0.408. The van der Waals surface area contributed by atoms with Crippen molar-refractivity contribution in [1.82, 2.24) is 4.90 Å². The first-order chi connectivity index (χ1) is 16.6. The molecule has 5 rings (SSSR count). The van der Waals surface area contributed by atoms with Crippen LogP contribution in [0.1, 0.15) is 11.1 Å². The van der Waals surface area contributed by atoms with Gasteiger partial charge in [0.1, 0.15) is 35.3 Å². The number of fused-ring (bicyclic) bond motifs is 3. The lowest BCUT2D eigenvalue weighted by molar-refractivity contribution is 0.0882. The van der Waals surface area contributed by atoms with Gasteiger partial charge in [0.05, 0.1) is 32.5 Å². The molecule has 0 fully saturated rings. The molecule has 0 bridgehead atoms. The summed E-state index contributed by atoms with van der Waals surface area (Å²) in [4.78, 5) is 15.2. The van der Waals surface area contributed by atoms with Gasteiger partial charge in [0.25, 0.3) is 0 Å². The van der Waals surface area contributed by atoms with Crippen molar-refractivity contribution in [3.63, 3.8) is 0 Å². The highest BCUT2D eigenvalue weighted by Gasteiger charge is 2.23. The second-order valence-corrected chi connectivity index (χ2v) is 8.05. The van der Waals surface area contributed by atoms with Crippen LogP contribution >= 0.6 is 0 Å². The van der Waals surface area contributed by atoms with Gasteiger partial charge >= 0.3 is 5.63 Å². The summed E-state index contributed by atoms with van der Waals surface area (Å²) >= 11 is 0. The standard InChI is InChI=1S/C27H25NO6/c1-30-19-9-11-24(32-3)20(13-19)21-12-17-8-10-25-22(26(17)34-27(21)29)15-28(16-33-25)14-18-6-4-5-7-23(18)31-2/h4-13H,14-16H2,1-3H3. The predicted octanol–water partition coefficient (Wildman–Crippen LogP) is 4.84. The van der Waals surface area contributed by atoms with Crippen LogP contribution in [0.25, 0.3) is 22.1 Å². The molecule has 0 spiro atoms. The van der Waals surface area contributed by atoms with Crippen molar-refractivity contribution < 1.29 is 23.4 Å². The Bertz CT molecular complexity index is 1410. The summed E-state index contributed by atoms with van der Waals surface area (Å²) in [6.45, 7) is 1.65. The largest absolute Gasteiger partial charge is 0.497 e. The fourth-order valence-electron chi connectivity index (χ4n) is 4.33. The molecule has 0 radical (unpaired) electrons. The van der Waals surface area contributed by atoms with E-state index >= 15 is 0 Å². The van der Waals surface area contributed by atoms with Gasteiger partial charge in [-0.25, -0.2) is 4.79 Å². The molecule has 0 amide bonds. The maximum atomic E-state index is 13.1. The average molecular weight is 459 g/mol. The van der Waals surface area contributed by atoms with Gasteiger partial charge in [-0.1, -0.05) is 18.2 Å². The van der Waals surface area contributed by atoms with Crippen molar-refractivity contribution in [3.05, 3.63) is 82.2 Å². The van der Waals surface area contributed by atoms with Gasteiger partial charge in [0, 0.05) is 29.6 Å². The molecule has 1 aliphatic heterocycles. The minimum atomic E-state index is -0.450. The number of hydrogen-bond acceptors (Lipinski definition) is 7. The third-order valence-corrected chi connectivity index (χ3v) is 6.03. The fraction of sp³-hybridized carbons (Fsp3) is 0.222. The highest BCUT2D eigenvalue weighted by molar-refractivity contribution is 5.87. The van der Waals surface area contributed by atoms with Crippen molar-refractivity contribution >= 4 is 11.0 Å². The normalized spacial score (nSPS) is 13.3. The number of rotatable bonds is 6. The van der Waals surface area contributed by atoms with Crippen LogP contribution in [0.5, 0.6) is 23.0 Å². The van der Waals surface area contributed by atoms with Crippen LogP contribution in [-0.2, 0) is 13.1 Å². The molecule has 2 heterocycles. The van der Waals surface area contributed by atoms with Gasteiger partial charge in [-0.05, 0) is 42.5 Å². The van der Waals surface area contributed by atoms with Crippen molar-refractivity contribution in [2.45, 2.75) is 13.1 Å². The molecule has 1 aromatic heterocycles. The molecule has 34 heavy (non-hydrogen) atoms. The molecule has 0 saturated heterocycles. The zero-order valence-corrected chi connectivity index (χ0v) is 19.3. The summed E-state index contributed by atoms with van der Waals surface area (Å²) in [6.07, 6.45) is 0. The molecule has 7 nitrogen and oxygen atoms in total. The van der Waals surface area contributed by atoms with Crippen LogP contribution in [0.2, 0.25) is 0 Å². The maximum absolute atomic E-state index is 13.1. The summed E-state index contributed by atoms with van der Waals surface area (Å²) in [7, 11) is 4.81. The van der Waals surface area contributed by atoms with E-state index in [9.17, 15) is 4.79 Å². The molecular weight excluding hydrogens is 434 g/mol. The van der Waals surface area contributed by atoms with Gasteiger partial charge in [0.15, 0.2) is 0 Å². The Morgan fingerprint density at radius 3 is 2.50 bits per heavy atom. The number of hydrogen-bond donors (Lipinski definition) is 0. The molecule has 174 valence electrons. The minimum Gasteiger partial charge on any atom is -0.497 e. The molecular formula is C27H25NO6. The van der Waals surface area contributed by atoms with E-state index in [2.05, 4.69) is 4.90 Å². The third kappa shape index (κ3) is 3.95. The van der Waals surface area contributed by atoms with E-state index in [-0.39, 0.29) is 0 Å². The topological polar surface area (TPSA) is 70.4 Å². The van der Waals surface area contributed by atoms with Gasteiger partial charge < -0.3 is 23.4 Å². The Labute approximate surface area is 197 Å². The summed E-state index contributed by atoms with van der Waals surface area (Å²) in [5.41, 5.74) is 3.01. The number of nitrogens with zero attached hydrogens (tertiary/aromatic N) is 1. The summed E-state index contributed by atoms with van der Waals surface area (Å²) < 4.78 is 28.2. The Morgan fingerprint density at radius 2 is 1.71 bits per heavy atom. The lowest BCUT2D eigenvalue weighted by Gasteiger charge is -2.29. The molecule has 7 heteroatoms. The van der Waals surface area contributed by atoms with E-state index in [1.54, 1.807) is 39.5 Å². The Balaban J connectivity index is 1.54. The number of para-hydroxylation sites is 1. The maximum Gasteiger partial charge on any atom is 0.344 e. The van der Waals surface area contributed by atoms with E-state index in [1.807, 2.05) is 42.5 Å². The van der Waals surface area contributed by atoms with Gasteiger partial charge in [-0.2, -0.15) is 0 Å². The Hall–Kier alpha value is -3.97. The van der Waals surface area contributed by atoms with Crippen LogP contribution in [0.3, 0.4) is 0 Å². The molecule has 4 aromatic rings. The summed E-state index contributed by atoms with van der Waals surface area (Å²) in [6, 6.07) is 18.9. The van der Waals surface area contributed by atoms with E-state index < -0.39 is 5.63 Å². The van der Waals surface area contributed by atoms with Gasteiger partial charge in [-0.3, -0.25) is 4.90 Å². The average Bonchev–Trinajstić information content (AvgIpc) is 2.88. The monoisotopic (exact) mass is 459 g/mol. The van der Waals surface area contributed by atoms with Crippen LogP contribution in [0, 0.1) is 0 Å². The lowest BCUT2D eigenvalue weighted by Crippen LogP contribution is -2.31. The molecule has 0 saturated carbocycles. The smallest absolute Gasteiger partial charge is 0.344 e. The number of ether oxygens (including phenoxy) is 4. The SMILES string of the molecule is COc1ccc(OC)c(-c2cc3ccc4c(c3oc2=O)CN(Cc2ccccc2OC)CO4)c1. The zero-order chi connectivity index (χ0) is 23.7. The van der Waals surface area contributed by atoms with E-state index in [4.69, 9.17) is 23.4 Å². The number of benzene rings is 3.